The predicted molar refractivity (Wildman–Crippen MR) is 222 cm³/mol. The van der Waals surface area contributed by atoms with Gasteiger partial charge in [-0.3, -0.25) is 9.59 Å². The molecule has 6 aromatic carbocycles. The Morgan fingerprint density at radius 3 is 1.05 bits per heavy atom. The van der Waals surface area contributed by atoms with Crippen LogP contribution in [0, 0.1) is 0 Å². The molecule has 8 rings (SSSR count). The summed E-state index contributed by atoms with van der Waals surface area (Å²) >= 11 is 0. The summed E-state index contributed by atoms with van der Waals surface area (Å²) in [5, 5.41) is 24.2. The van der Waals surface area contributed by atoms with Crippen molar-refractivity contribution in [1.29, 1.82) is 0 Å². The molecule has 302 valence electrons. The fourth-order valence-corrected chi connectivity index (χ4v) is 7.95. The van der Waals surface area contributed by atoms with E-state index in [1.165, 1.54) is 0 Å². The summed E-state index contributed by atoms with van der Waals surface area (Å²) in [6.07, 6.45) is -6.73. The Bertz CT molecular complexity index is 2250. The molecule has 0 heterocycles. The second-order valence-corrected chi connectivity index (χ2v) is 14.6. The average Bonchev–Trinajstić information content (AvgIpc) is 3.79. The molecule has 0 saturated heterocycles. The van der Waals surface area contributed by atoms with Gasteiger partial charge in [0.15, 0.2) is 12.2 Å². The van der Waals surface area contributed by atoms with Gasteiger partial charge in [-0.15, -0.1) is 0 Å². The third-order valence-electron chi connectivity index (χ3n) is 10.8. The lowest BCUT2D eigenvalue weighted by atomic mass is 9.98. The van der Waals surface area contributed by atoms with Gasteiger partial charge in [-0.2, -0.15) is 0 Å². The van der Waals surface area contributed by atoms with Crippen LogP contribution in [0.1, 0.15) is 45.2 Å². The van der Waals surface area contributed by atoms with Crippen LogP contribution in [-0.2, 0) is 32.2 Å². The van der Waals surface area contributed by atoms with Gasteiger partial charge in [0.1, 0.15) is 13.2 Å². The van der Waals surface area contributed by atoms with E-state index in [0.29, 0.717) is 11.1 Å². The normalized spacial score (nSPS) is 13.4. The standard InChI is InChI=1S/C48H42N4O8/c53-43(45(55)51(27-31-15-3-1-4-16-31)49-47(57)59-29-41-37-23-11-7-19-33(37)34-20-8-12-24-38(34)41)44(54)46(56)52(28-32-17-5-2-6-18-32)50-48(58)60-30-42-39-25-13-9-21-35(39)36-22-10-14-26-40(36)42/h1-26,41-44,53-54H,27-30H2,(H,49,57)(H,50,58)/t43-,44-/m0/s1. The molecule has 0 bridgehead atoms. The van der Waals surface area contributed by atoms with Crippen LogP contribution in [0.3, 0.4) is 0 Å². The van der Waals surface area contributed by atoms with Crippen LogP contribution in [0.25, 0.3) is 22.3 Å². The highest BCUT2D eigenvalue weighted by molar-refractivity contribution is 5.92. The largest absolute Gasteiger partial charge is 0.447 e. The fraction of sp³-hybridized carbons (Fsp3) is 0.167. The molecule has 0 spiro atoms. The smallest absolute Gasteiger partial charge is 0.426 e. The maximum Gasteiger partial charge on any atom is 0.426 e. The monoisotopic (exact) mass is 802 g/mol. The van der Waals surface area contributed by atoms with Crippen molar-refractivity contribution in [3.63, 3.8) is 0 Å². The van der Waals surface area contributed by atoms with E-state index in [-0.39, 0.29) is 38.1 Å². The Balaban J connectivity index is 0.957. The number of hydrogen-bond donors (Lipinski definition) is 4. The van der Waals surface area contributed by atoms with Gasteiger partial charge in [-0.25, -0.2) is 30.5 Å². The van der Waals surface area contributed by atoms with Gasteiger partial charge in [-0.05, 0) is 55.6 Å². The minimum atomic E-state index is -2.38. The van der Waals surface area contributed by atoms with Gasteiger partial charge in [0, 0.05) is 11.8 Å². The average molecular weight is 803 g/mol. The highest BCUT2D eigenvalue weighted by atomic mass is 16.6. The Hall–Kier alpha value is -7.28. The number of aliphatic hydroxyl groups is 2. The van der Waals surface area contributed by atoms with Gasteiger partial charge >= 0.3 is 12.2 Å². The number of fused-ring (bicyclic) bond motifs is 6. The van der Waals surface area contributed by atoms with Gasteiger partial charge < -0.3 is 19.7 Å². The lowest BCUT2D eigenvalue weighted by Crippen LogP contribution is -2.58. The topological polar surface area (TPSA) is 158 Å². The third kappa shape index (κ3) is 8.33. The van der Waals surface area contributed by atoms with E-state index in [9.17, 15) is 29.4 Å². The van der Waals surface area contributed by atoms with Crippen LogP contribution in [0.2, 0.25) is 0 Å². The van der Waals surface area contributed by atoms with Crippen LogP contribution in [0.5, 0.6) is 0 Å². The SMILES string of the molecule is O=C(NN(Cc1ccccc1)C(=O)[C@@H](O)[C@H](O)C(=O)N(Cc1ccccc1)NC(=O)OCC1c2ccccc2-c2ccccc21)OCC1c2ccccc2-c2ccccc21. The number of amides is 4. The van der Waals surface area contributed by atoms with E-state index in [2.05, 4.69) is 10.9 Å². The lowest BCUT2D eigenvalue weighted by Gasteiger charge is -2.30. The van der Waals surface area contributed by atoms with Gasteiger partial charge in [-0.1, -0.05) is 158 Å². The molecular weight excluding hydrogens is 761 g/mol. The maximum absolute atomic E-state index is 13.9. The van der Waals surface area contributed by atoms with Gasteiger partial charge in [0.25, 0.3) is 11.8 Å². The van der Waals surface area contributed by atoms with Crippen molar-refractivity contribution < 1.29 is 38.9 Å². The van der Waals surface area contributed by atoms with Crippen molar-refractivity contribution in [2.75, 3.05) is 13.2 Å². The van der Waals surface area contributed by atoms with E-state index in [1.54, 1.807) is 60.7 Å². The Morgan fingerprint density at radius 2 is 0.733 bits per heavy atom. The highest BCUT2D eigenvalue weighted by Crippen LogP contribution is 2.45. The van der Waals surface area contributed by atoms with E-state index in [0.717, 1.165) is 54.5 Å². The number of carbonyl (C=O) groups is 4. The minimum absolute atomic E-state index is 0.0487. The number of nitrogens with zero attached hydrogens (tertiary/aromatic N) is 2. The van der Waals surface area contributed by atoms with Gasteiger partial charge in [0.2, 0.25) is 0 Å². The van der Waals surface area contributed by atoms with Crippen LogP contribution < -0.4 is 10.9 Å². The first kappa shape index (κ1) is 39.5. The lowest BCUT2D eigenvalue weighted by molar-refractivity contribution is -0.162. The molecule has 2 aliphatic rings. The van der Waals surface area contributed by atoms with Crippen LogP contribution in [0.15, 0.2) is 158 Å². The van der Waals surface area contributed by atoms with Crippen molar-refractivity contribution >= 4 is 24.0 Å². The zero-order valence-electron chi connectivity index (χ0n) is 32.4. The summed E-state index contributed by atoms with van der Waals surface area (Å²) in [5.41, 5.74) is 14.1. The summed E-state index contributed by atoms with van der Waals surface area (Å²) in [6, 6.07) is 48.7. The molecule has 0 radical (unpaired) electrons. The van der Waals surface area contributed by atoms with Crippen LogP contribution in [-0.4, -0.2) is 69.7 Å². The molecule has 12 nitrogen and oxygen atoms in total. The highest BCUT2D eigenvalue weighted by Gasteiger charge is 2.38. The molecule has 60 heavy (non-hydrogen) atoms. The molecule has 6 aromatic rings. The van der Waals surface area contributed by atoms with Crippen molar-refractivity contribution in [3.05, 3.63) is 191 Å². The summed E-state index contributed by atoms with van der Waals surface area (Å²) in [7, 11) is 0. The molecule has 0 saturated carbocycles. The number of benzene rings is 6. The first-order valence-corrected chi connectivity index (χ1v) is 19.6. The zero-order chi connectivity index (χ0) is 41.6. The molecule has 2 atom stereocenters. The number of hydrazine groups is 2. The van der Waals surface area contributed by atoms with Crippen LogP contribution in [0.4, 0.5) is 9.59 Å². The number of nitrogens with one attached hydrogen (secondary N) is 2. The molecule has 2 aliphatic carbocycles. The molecule has 12 heteroatoms. The number of carbonyl (C=O) groups excluding carboxylic acids is 4. The maximum atomic E-state index is 13.9. The number of ether oxygens (including phenoxy) is 2. The summed E-state index contributed by atoms with van der Waals surface area (Å²) in [6.45, 7) is -0.582. The Labute approximate surface area is 346 Å². The molecule has 4 amide bonds. The second kappa shape index (κ2) is 17.7. The zero-order valence-corrected chi connectivity index (χ0v) is 32.4. The van der Waals surface area contributed by atoms with Crippen molar-refractivity contribution in [2.24, 2.45) is 0 Å². The van der Waals surface area contributed by atoms with E-state index in [4.69, 9.17) is 9.47 Å². The van der Waals surface area contributed by atoms with Crippen molar-refractivity contribution in [2.45, 2.75) is 37.1 Å². The first-order valence-electron chi connectivity index (χ1n) is 19.6. The van der Waals surface area contributed by atoms with E-state index >= 15 is 0 Å². The number of rotatable bonds is 11. The molecule has 0 aromatic heterocycles. The summed E-state index contributed by atoms with van der Waals surface area (Å²) in [5.74, 6) is -2.92. The van der Waals surface area contributed by atoms with Crippen molar-refractivity contribution in [3.8, 4) is 22.3 Å². The molecule has 0 unspecified atom stereocenters. The van der Waals surface area contributed by atoms with Crippen LogP contribution >= 0.6 is 0 Å². The Morgan fingerprint density at radius 1 is 0.450 bits per heavy atom. The van der Waals surface area contributed by atoms with Crippen molar-refractivity contribution in [1.82, 2.24) is 20.9 Å². The summed E-state index contributed by atoms with van der Waals surface area (Å²) < 4.78 is 11.3. The molecule has 0 fully saturated rings. The molecular formula is C48H42N4O8. The summed E-state index contributed by atoms with van der Waals surface area (Å²) in [4.78, 5) is 54.6. The molecule has 0 aliphatic heterocycles. The third-order valence-corrected chi connectivity index (χ3v) is 10.8. The second-order valence-electron chi connectivity index (χ2n) is 14.6. The quantitative estimate of drug-likeness (QED) is 0.106. The molecule has 4 N–H and O–H groups in total. The first-order chi connectivity index (χ1) is 29.3. The predicted octanol–water partition coefficient (Wildman–Crippen LogP) is 6.67. The number of hydrogen-bond acceptors (Lipinski definition) is 8. The van der Waals surface area contributed by atoms with E-state index in [1.807, 2.05) is 97.1 Å². The van der Waals surface area contributed by atoms with E-state index < -0.39 is 36.2 Å². The minimum Gasteiger partial charge on any atom is -0.447 e. The fourth-order valence-electron chi connectivity index (χ4n) is 7.95. The number of aliphatic hydroxyl groups excluding tert-OH is 2. The Kier molecular flexibility index (Phi) is 11.7. The van der Waals surface area contributed by atoms with Gasteiger partial charge in [0.05, 0.1) is 13.1 Å².